The lowest BCUT2D eigenvalue weighted by molar-refractivity contribution is -0.174. The van der Waals surface area contributed by atoms with Crippen molar-refractivity contribution in [2.45, 2.75) is 25.4 Å². The van der Waals surface area contributed by atoms with Crippen LogP contribution in [0.4, 0.5) is 0 Å². The van der Waals surface area contributed by atoms with Crippen molar-refractivity contribution in [1.82, 2.24) is 4.90 Å². The van der Waals surface area contributed by atoms with Crippen molar-refractivity contribution in [3.05, 3.63) is 0 Å². The molecular weight excluding hydrogens is 198 g/mol. The van der Waals surface area contributed by atoms with Crippen LogP contribution in [0.1, 0.15) is 19.8 Å². The number of rotatable bonds is 4. The number of aliphatic carboxylic acids is 1. The molecule has 1 aliphatic heterocycles. The topological polar surface area (TPSA) is 66.8 Å². The highest BCUT2D eigenvalue weighted by atomic mass is 16.5. The molecule has 0 aromatic rings. The summed E-state index contributed by atoms with van der Waals surface area (Å²) in [6.45, 7) is 2.60. The van der Waals surface area contributed by atoms with Crippen LogP contribution in [0.2, 0.25) is 0 Å². The third kappa shape index (κ3) is 2.28. The van der Waals surface area contributed by atoms with Gasteiger partial charge in [-0.1, -0.05) is 0 Å². The monoisotopic (exact) mass is 213 g/mol. The highest BCUT2D eigenvalue weighted by molar-refractivity contribution is 5.82. The molecule has 0 aromatic carbocycles. The van der Waals surface area contributed by atoms with Gasteiger partial charge in [-0.15, -0.1) is 0 Å². The molecule has 0 unspecified atom stereocenters. The van der Waals surface area contributed by atoms with E-state index in [9.17, 15) is 9.59 Å². The van der Waals surface area contributed by atoms with E-state index < -0.39 is 11.6 Å². The number of hydrogen-bond donors (Lipinski definition) is 1. The summed E-state index contributed by atoms with van der Waals surface area (Å²) in [6, 6.07) is 0. The van der Waals surface area contributed by atoms with Crippen LogP contribution in [0.5, 0.6) is 0 Å². The molecule has 0 radical (unpaired) electrons. The first-order valence-corrected chi connectivity index (χ1v) is 5.15. The molecule has 1 amide bonds. The van der Waals surface area contributed by atoms with Gasteiger partial charge in [-0.3, -0.25) is 4.79 Å². The number of ether oxygens (including phenoxy) is 1. The molecule has 1 saturated carbocycles. The minimum Gasteiger partial charge on any atom is -0.480 e. The van der Waals surface area contributed by atoms with E-state index in [1.807, 2.05) is 6.92 Å². The number of likely N-dealkylation sites (tertiary alicyclic amines) is 1. The Kier molecular flexibility index (Phi) is 2.42. The molecule has 0 atom stereocenters. The van der Waals surface area contributed by atoms with Gasteiger partial charge in [0.25, 0.3) is 0 Å². The zero-order valence-corrected chi connectivity index (χ0v) is 8.73. The molecule has 0 bridgehead atoms. The van der Waals surface area contributed by atoms with Crippen LogP contribution in [0.15, 0.2) is 0 Å². The quantitative estimate of drug-likeness (QED) is 0.719. The first kappa shape index (κ1) is 10.4. The fourth-order valence-electron chi connectivity index (χ4n) is 1.83. The minimum atomic E-state index is -0.969. The van der Waals surface area contributed by atoms with Gasteiger partial charge in [0.15, 0.2) is 0 Å². The lowest BCUT2D eigenvalue weighted by Crippen LogP contribution is -2.63. The minimum absolute atomic E-state index is 0.200. The van der Waals surface area contributed by atoms with Gasteiger partial charge in [-0.25, -0.2) is 4.79 Å². The Bertz CT molecular complexity index is 292. The first-order valence-electron chi connectivity index (χ1n) is 5.15. The van der Waals surface area contributed by atoms with E-state index in [2.05, 4.69) is 0 Å². The van der Waals surface area contributed by atoms with Gasteiger partial charge in [-0.05, 0) is 19.8 Å². The maximum atomic E-state index is 11.6. The molecule has 2 fully saturated rings. The number of carboxylic acids is 1. The van der Waals surface area contributed by atoms with E-state index in [1.54, 1.807) is 4.90 Å². The van der Waals surface area contributed by atoms with Gasteiger partial charge in [0.1, 0.15) is 12.2 Å². The maximum absolute atomic E-state index is 11.6. The number of nitrogens with zero attached hydrogens (tertiary/aromatic N) is 1. The van der Waals surface area contributed by atoms with E-state index in [1.165, 1.54) is 0 Å². The molecule has 1 N–H and O–H groups in total. The summed E-state index contributed by atoms with van der Waals surface area (Å²) in [5.41, 5.74) is -0.455. The van der Waals surface area contributed by atoms with Crippen molar-refractivity contribution in [1.29, 1.82) is 0 Å². The Morgan fingerprint density at radius 1 is 1.47 bits per heavy atom. The average Bonchev–Trinajstić information content (AvgIpc) is 2.92. The maximum Gasteiger partial charge on any atom is 0.329 e. The van der Waals surface area contributed by atoms with E-state index in [0.29, 0.717) is 13.1 Å². The second-order valence-electron chi connectivity index (χ2n) is 4.60. The van der Waals surface area contributed by atoms with Gasteiger partial charge < -0.3 is 14.7 Å². The Morgan fingerprint density at radius 2 is 2.07 bits per heavy atom. The summed E-state index contributed by atoms with van der Waals surface area (Å²) in [4.78, 5) is 23.6. The van der Waals surface area contributed by atoms with Crippen LogP contribution in [0, 0.1) is 5.92 Å². The largest absolute Gasteiger partial charge is 0.480 e. The molecule has 1 aliphatic carbocycles. The first-order chi connectivity index (χ1) is 7.00. The summed E-state index contributed by atoms with van der Waals surface area (Å²) in [5.74, 6) is -0.538. The lowest BCUT2D eigenvalue weighted by atomic mass is 9.96. The molecule has 1 heterocycles. The third-order valence-electron chi connectivity index (χ3n) is 2.83. The summed E-state index contributed by atoms with van der Waals surface area (Å²) in [7, 11) is 0. The summed E-state index contributed by atoms with van der Waals surface area (Å²) in [6.07, 6.45) is 2.00. The van der Waals surface area contributed by atoms with E-state index in [-0.39, 0.29) is 18.4 Å². The molecule has 5 heteroatoms. The van der Waals surface area contributed by atoms with E-state index in [0.717, 1.165) is 12.8 Å². The second kappa shape index (κ2) is 3.48. The predicted molar refractivity (Wildman–Crippen MR) is 51.3 cm³/mol. The summed E-state index contributed by atoms with van der Waals surface area (Å²) in [5, 5.41) is 8.46. The molecule has 0 spiro atoms. The van der Waals surface area contributed by atoms with Crippen LogP contribution < -0.4 is 0 Å². The fraction of sp³-hybridized carbons (Fsp3) is 0.800. The van der Waals surface area contributed by atoms with Crippen LogP contribution in [-0.2, 0) is 14.3 Å². The molecule has 84 valence electrons. The summed E-state index contributed by atoms with van der Waals surface area (Å²) >= 11 is 0. The highest BCUT2D eigenvalue weighted by Crippen LogP contribution is 2.35. The number of carbonyl (C=O) groups is 2. The molecule has 1 saturated heterocycles. The Hall–Kier alpha value is -1.10. The zero-order chi connectivity index (χ0) is 11.1. The second-order valence-corrected chi connectivity index (χ2v) is 4.60. The predicted octanol–water partition coefficient (Wildman–Crippen LogP) is 0.0985. The number of carboxylic acid groups (broad SMARTS) is 1. The third-order valence-corrected chi connectivity index (χ3v) is 2.83. The van der Waals surface area contributed by atoms with Crippen molar-refractivity contribution in [3.8, 4) is 0 Å². The Balaban J connectivity index is 1.75. The summed E-state index contributed by atoms with van der Waals surface area (Å²) < 4.78 is 5.21. The molecule has 2 aliphatic rings. The van der Waals surface area contributed by atoms with Gasteiger partial charge in [-0.2, -0.15) is 0 Å². The van der Waals surface area contributed by atoms with Crippen molar-refractivity contribution in [3.63, 3.8) is 0 Å². The van der Waals surface area contributed by atoms with Gasteiger partial charge in [0, 0.05) is 5.92 Å². The highest BCUT2D eigenvalue weighted by Gasteiger charge is 2.46. The number of carbonyl (C=O) groups excluding carboxylic acids is 1. The molecule has 2 rings (SSSR count). The average molecular weight is 213 g/mol. The molecule has 0 aromatic heterocycles. The number of hydrogen-bond acceptors (Lipinski definition) is 3. The Labute approximate surface area is 88.0 Å². The molecule has 5 nitrogen and oxygen atoms in total. The van der Waals surface area contributed by atoms with E-state index in [4.69, 9.17) is 9.84 Å². The Morgan fingerprint density at radius 3 is 2.53 bits per heavy atom. The van der Waals surface area contributed by atoms with Crippen molar-refractivity contribution >= 4 is 11.9 Å². The van der Waals surface area contributed by atoms with Gasteiger partial charge in [0.05, 0.1) is 13.1 Å². The van der Waals surface area contributed by atoms with Crippen LogP contribution in [-0.4, -0.2) is 47.2 Å². The fourth-order valence-corrected chi connectivity index (χ4v) is 1.83. The van der Waals surface area contributed by atoms with Crippen molar-refractivity contribution in [2.24, 2.45) is 5.92 Å². The van der Waals surface area contributed by atoms with Gasteiger partial charge in [0.2, 0.25) is 5.91 Å². The SMILES string of the molecule is CC1(OCC(=O)O)CN(C(=O)C2CC2)C1. The molecule has 15 heavy (non-hydrogen) atoms. The van der Waals surface area contributed by atoms with Gasteiger partial charge >= 0.3 is 5.97 Å². The zero-order valence-electron chi connectivity index (χ0n) is 8.73. The van der Waals surface area contributed by atoms with Crippen LogP contribution >= 0.6 is 0 Å². The standard InChI is InChI=1S/C10H15NO4/c1-10(15-4-8(12)13)5-11(6-10)9(14)7-2-3-7/h7H,2-6H2,1H3,(H,12,13). The van der Waals surface area contributed by atoms with Crippen LogP contribution in [0.3, 0.4) is 0 Å². The smallest absolute Gasteiger partial charge is 0.329 e. The lowest BCUT2D eigenvalue weighted by Gasteiger charge is -2.47. The van der Waals surface area contributed by atoms with Crippen LogP contribution in [0.25, 0.3) is 0 Å². The normalized spacial score (nSPS) is 23.4. The van der Waals surface area contributed by atoms with Crippen molar-refractivity contribution < 1.29 is 19.4 Å². The number of amides is 1. The van der Waals surface area contributed by atoms with Crippen molar-refractivity contribution in [2.75, 3.05) is 19.7 Å². The van der Waals surface area contributed by atoms with E-state index >= 15 is 0 Å². The molecular formula is C10H15NO4.